The summed E-state index contributed by atoms with van der Waals surface area (Å²) in [5.74, 6) is -4.46. The molecule has 2 aromatic rings. The highest BCUT2D eigenvalue weighted by Gasteiger charge is 2.51. The Morgan fingerprint density at radius 2 is 2.16 bits per heavy atom. The lowest BCUT2D eigenvalue weighted by Gasteiger charge is -2.36. The van der Waals surface area contributed by atoms with Crippen LogP contribution >= 0.6 is 0 Å². The normalized spacial score (nSPS) is 21.3. The number of aromatic nitrogens is 2. The van der Waals surface area contributed by atoms with E-state index < -0.39 is 30.1 Å². The highest BCUT2D eigenvalue weighted by atomic mass is 19.3. The molecule has 32 heavy (non-hydrogen) atoms. The number of anilines is 1. The van der Waals surface area contributed by atoms with Crippen LogP contribution in [-0.2, 0) is 4.74 Å². The van der Waals surface area contributed by atoms with Crippen molar-refractivity contribution in [2.75, 3.05) is 18.4 Å². The molecule has 2 aliphatic rings. The number of hydrogen-bond acceptors (Lipinski definition) is 7. The van der Waals surface area contributed by atoms with Gasteiger partial charge >= 0.3 is 6.09 Å². The van der Waals surface area contributed by atoms with Crippen molar-refractivity contribution in [2.24, 2.45) is 0 Å². The Hall–Kier alpha value is -3.04. The molecule has 2 heterocycles. The van der Waals surface area contributed by atoms with E-state index in [0.29, 0.717) is 11.1 Å². The Morgan fingerprint density at radius 3 is 2.78 bits per heavy atom. The molecule has 1 amide bonds. The van der Waals surface area contributed by atoms with Gasteiger partial charge in [-0.25, -0.2) is 13.6 Å². The third-order valence-corrected chi connectivity index (χ3v) is 5.80. The lowest BCUT2D eigenvalue weighted by atomic mass is 9.93. The van der Waals surface area contributed by atoms with Crippen molar-refractivity contribution in [1.82, 2.24) is 15.0 Å². The number of carbonyl (C=O) groups is 1. The van der Waals surface area contributed by atoms with Crippen LogP contribution in [0.2, 0.25) is 0 Å². The first kappa shape index (κ1) is 22.2. The molecule has 1 aromatic carbocycles. The van der Waals surface area contributed by atoms with Gasteiger partial charge in [-0.15, -0.1) is 0 Å². The molecule has 4 rings (SSSR count). The van der Waals surface area contributed by atoms with Crippen molar-refractivity contribution in [3.8, 4) is 11.4 Å². The molecule has 172 valence electrons. The van der Waals surface area contributed by atoms with E-state index in [1.54, 1.807) is 25.1 Å². The predicted octanol–water partition coefficient (Wildman–Crippen LogP) is 4.67. The molecule has 1 aromatic heterocycles. The van der Waals surface area contributed by atoms with Gasteiger partial charge in [-0.1, -0.05) is 17.3 Å². The van der Waals surface area contributed by atoms with Gasteiger partial charge < -0.3 is 24.9 Å². The van der Waals surface area contributed by atoms with Crippen molar-refractivity contribution >= 4 is 18.0 Å². The Kier molecular flexibility index (Phi) is 5.64. The van der Waals surface area contributed by atoms with Crippen LogP contribution < -0.4 is 5.32 Å². The number of piperidine rings is 1. The second kappa shape index (κ2) is 8.14. The Morgan fingerprint density at radius 1 is 1.41 bits per heavy atom. The fraction of sp³-hybridized carbons (Fsp3) is 0.545. The highest BCUT2D eigenvalue weighted by Crippen LogP contribution is 2.42. The molecule has 2 N–H and O–H groups in total. The summed E-state index contributed by atoms with van der Waals surface area (Å²) < 4.78 is 40.4. The molecule has 1 saturated heterocycles. The molecule has 1 unspecified atom stereocenters. The van der Waals surface area contributed by atoms with Crippen LogP contribution in [0.1, 0.15) is 57.4 Å². The molecule has 2 fully saturated rings. The maximum atomic E-state index is 14.9. The molecular formula is C22H27F2N5O3. The summed E-state index contributed by atoms with van der Waals surface area (Å²) in [4.78, 5) is 17.5. The Balaban J connectivity index is 1.50. The molecule has 8 nitrogen and oxygen atoms in total. The summed E-state index contributed by atoms with van der Waals surface area (Å²) in [6, 6.07) is 5.37. The zero-order chi connectivity index (χ0) is 23.1. The van der Waals surface area contributed by atoms with Gasteiger partial charge in [0.25, 0.3) is 5.92 Å². The summed E-state index contributed by atoms with van der Waals surface area (Å²) in [7, 11) is 0. The number of carbonyl (C=O) groups excluding carboxylic acids is 1. The summed E-state index contributed by atoms with van der Waals surface area (Å²) >= 11 is 0. The smallest absolute Gasteiger partial charge is 0.410 e. The van der Waals surface area contributed by atoms with Crippen LogP contribution in [0.3, 0.4) is 0 Å². The van der Waals surface area contributed by atoms with Gasteiger partial charge in [0.1, 0.15) is 11.5 Å². The molecule has 1 aliphatic carbocycles. The Labute approximate surface area is 184 Å². The molecule has 1 saturated carbocycles. The zero-order valence-corrected chi connectivity index (χ0v) is 18.3. The number of alkyl halides is 2. The lowest BCUT2D eigenvalue weighted by Crippen LogP contribution is -2.50. The number of halogens is 2. The summed E-state index contributed by atoms with van der Waals surface area (Å²) in [6.45, 7) is 5.13. The number of ether oxygens (including phenoxy) is 1. The van der Waals surface area contributed by atoms with Crippen LogP contribution in [0.25, 0.3) is 11.4 Å². The summed E-state index contributed by atoms with van der Waals surface area (Å²) in [5, 5.41) is 14.7. The summed E-state index contributed by atoms with van der Waals surface area (Å²) in [5.41, 5.74) is 1.49. The number of nitrogens with one attached hydrogen (secondary N) is 2. The fourth-order valence-corrected chi connectivity index (χ4v) is 3.70. The van der Waals surface area contributed by atoms with Crippen molar-refractivity contribution in [1.29, 1.82) is 5.41 Å². The van der Waals surface area contributed by atoms with Crippen LogP contribution in [0.15, 0.2) is 22.7 Å². The van der Waals surface area contributed by atoms with E-state index in [0.717, 1.165) is 23.4 Å². The standard InChI is InChI=1S/C22H27F2N5O3/c1-13(2)26-17-10-14(4-5-15(17)11-25)18-27-19(32-28-18)16-6-9-29(12-22(16,23)24)20(30)31-21(3)7-8-21/h4-5,10-11,13,16,25-26H,6-9,12H2,1-3H3. The topological polar surface area (TPSA) is 104 Å². The minimum Gasteiger partial charge on any atom is -0.443 e. The van der Waals surface area contributed by atoms with Crippen LogP contribution in [0, 0.1) is 5.41 Å². The number of likely N-dealkylation sites (tertiary alicyclic amines) is 1. The van der Waals surface area contributed by atoms with E-state index in [4.69, 9.17) is 14.7 Å². The van der Waals surface area contributed by atoms with Gasteiger partial charge in [0.2, 0.25) is 11.7 Å². The minimum atomic E-state index is -3.22. The van der Waals surface area contributed by atoms with Crippen molar-refractivity contribution in [3.63, 3.8) is 0 Å². The predicted molar refractivity (Wildman–Crippen MR) is 114 cm³/mol. The Bertz CT molecular complexity index is 1020. The van der Waals surface area contributed by atoms with Crippen LogP contribution in [0.5, 0.6) is 0 Å². The first-order chi connectivity index (χ1) is 15.1. The van der Waals surface area contributed by atoms with E-state index in [1.165, 1.54) is 6.21 Å². The van der Waals surface area contributed by atoms with E-state index in [9.17, 15) is 13.6 Å². The second-order valence-corrected chi connectivity index (χ2v) is 9.04. The van der Waals surface area contributed by atoms with E-state index in [-0.39, 0.29) is 30.7 Å². The number of nitrogens with zero attached hydrogens (tertiary/aromatic N) is 3. The monoisotopic (exact) mass is 447 g/mol. The first-order valence-electron chi connectivity index (χ1n) is 10.7. The maximum absolute atomic E-state index is 14.9. The van der Waals surface area contributed by atoms with E-state index in [2.05, 4.69) is 15.5 Å². The van der Waals surface area contributed by atoms with Crippen LogP contribution in [-0.4, -0.2) is 58.0 Å². The second-order valence-electron chi connectivity index (χ2n) is 9.04. The van der Waals surface area contributed by atoms with Gasteiger partial charge in [0.15, 0.2) is 0 Å². The van der Waals surface area contributed by atoms with Crippen molar-refractivity contribution in [2.45, 2.75) is 63.5 Å². The number of hydrogen-bond donors (Lipinski definition) is 2. The number of benzene rings is 1. The number of amides is 1. The molecule has 10 heteroatoms. The van der Waals surface area contributed by atoms with Gasteiger partial charge in [0.05, 0.1) is 6.54 Å². The van der Waals surface area contributed by atoms with Gasteiger partial charge in [-0.2, -0.15) is 4.98 Å². The minimum absolute atomic E-state index is 0.00660. The van der Waals surface area contributed by atoms with E-state index >= 15 is 0 Å². The summed E-state index contributed by atoms with van der Waals surface area (Å²) in [6.07, 6.45) is 2.04. The van der Waals surface area contributed by atoms with Gasteiger partial charge in [-0.3, -0.25) is 0 Å². The fourth-order valence-electron chi connectivity index (χ4n) is 3.70. The maximum Gasteiger partial charge on any atom is 0.410 e. The van der Waals surface area contributed by atoms with Gasteiger partial charge in [-0.05, 0) is 46.1 Å². The zero-order valence-electron chi connectivity index (χ0n) is 18.3. The van der Waals surface area contributed by atoms with E-state index in [1.807, 2.05) is 13.8 Å². The third kappa shape index (κ3) is 4.58. The average molecular weight is 447 g/mol. The first-order valence-corrected chi connectivity index (χ1v) is 10.7. The molecule has 1 aliphatic heterocycles. The SMILES string of the molecule is CC(C)Nc1cc(-c2noc(C3CCN(C(=O)OC4(C)CC4)CC3(F)F)n2)ccc1C=N. The third-order valence-electron chi connectivity index (χ3n) is 5.80. The highest BCUT2D eigenvalue weighted by molar-refractivity contribution is 5.87. The molecular weight excluding hydrogens is 420 g/mol. The number of rotatable bonds is 6. The van der Waals surface area contributed by atoms with Gasteiger partial charge in [0, 0.05) is 35.6 Å². The molecule has 0 radical (unpaired) electrons. The molecule has 0 spiro atoms. The molecule has 0 bridgehead atoms. The average Bonchev–Trinajstić information content (AvgIpc) is 3.24. The van der Waals surface area contributed by atoms with Crippen LogP contribution in [0.4, 0.5) is 19.3 Å². The lowest BCUT2D eigenvalue weighted by molar-refractivity contribution is -0.0884. The van der Waals surface area contributed by atoms with Crippen molar-refractivity contribution in [3.05, 3.63) is 29.7 Å². The van der Waals surface area contributed by atoms with Crippen molar-refractivity contribution < 1.29 is 22.8 Å². The molecule has 1 atom stereocenters. The largest absolute Gasteiger partial charge is 0.443 e. The quantitative estimate of drug-likeness (QED) is 0.624.